The zero-order valence-corrected chi connectivity index (χ0v) is 15.4. The molecule has 0 saturated carbocycles. The number of aromatic nitrogens is 2. The lowest BCUT2D eigenvalue weighted by Crippen LogP contribution is -2.59. The standard InChI is InChI=1S/C19H25N5O3/c1-23-14-21-11-16(23)7-8-22-18(25)17-12-20-9-10-24(17)19(26)27-13-15-5-3-2-4-6-15/h2-6,11,14,17,20H,7-10,12-13H2,1H3,(H,22,25)/t17-/m1/s1. The van der Waals surface area contributed by atoms with Crippen LogP contribution < -0.4 is 10.6 Å². The number of piperazine rings is 1. The van der Waals surface area contributed by atoms with Crippen LogP contribution in [0.2, 0.25) is 0 Å². The Kier molecular flexibility index (Phi) is 6.43. The minimum atomic E-state index is -0.575. The molecule has 0 spiro atoms. The SMILES string of the molecule is Cn1cncc1CCNC(=O)[C@H]1CNCCN1C(=O)OCc1ccccc1. The highest BCUT2D eigenvalue weighted by atomic mass is 16.6. The molecule has 1 aromatic heterocycles. The van der Waals surface area contributed by atoms with Gasteiger partial charge in [-0.3, -0.25) is 9.69 Å². The molecule has 0 radical (unpaired) electrons. The van der Waals surface area contributed by atoms with Crippen molar-refractivity contribution < 1.29 is 14.3 Å². The van der Waals surface area contributed by atoms with Crippen molar-refractivity contribution in [3.05, 3.63) is 54.1 Å². The van der Waals surface area contributed by atoms with Crippen molar-refractivity contribution in [2.45, 2.75) is 19.1 Å². The lowest BCUT2D eigenvalue weighted by Gasteiger charge is -2.34. The molecule has 1 aliphatic rings. The number of carbonyl (C=O) groups is 2. The third kappa shape index (κ3) is 5.07. The minimum absolute atomic E-state index is 0.180. The maximum absolute atomic E-state index is 12.6. The molecule has 2 amide bonds. The topological polar surface area (TPSA) is 88.5 Å². The van der Waals surface area contributed by atoms with Crippen LogP contribution in [-0.4, -0.2) is 58.7 Å². The monoisotopic (exact) mass is 371 g/mol. The summed E-state index contributed by atoms with van der Waals surface area (Å²) in [4.78, 5) is 30.6. The number of amides is 2. The van der Waals surface area contributed by atoms with Gasteiger partial charge in [-0.05, 0) is 5.56 Å². The van der Waals surface area contributed by atoms with Gasteiger partial charge in [0.2, 0.25) is 5.91 Å². The number of ether oxygens (including phenoxy) is 1. The summed E-state index contributed by atoms with van der Waals surface area (Å²) in [6.07, 6.45) is 3.72. The van der Waals surface area contributed by atoms with E-state index in [4.69, 9.17) is 4.74 Å². The summed E-state index contributed by atoms with van der Waals surface area (Å²) in [5.41, 5.74) is 1.95. The summed E-state index contributed by atoms with van der Waals surface area (Å²) in [7, 11) is 1.92. The van der Waals surface area contributed by atoms with E-state index in [0.29, 0.717) is 32.6 Å². The number of carbonyl (C=O) groups excluding carboxylic acids is 2. The van der Waals surface area contributed by atoms with Crippen LogP contribution in [-0.2, 0) is 29.6 Å². The molecule has 1 saturated heterocycles. The highest BCUT2D eigenvalue weighted by Gasteiger charge is 2.32. The summed E-state index contributed by atoms with van der Waals surface area (Å²) in [6.45, 7) is 2.17. The van der Waals surface area contributed by atoms with Crippen LogP contribution in [0.4, 0.5) is 4.79 Å². The van der Waals surface area contributed by atoms with Crippen LogP contribution >= 0.6 is 0 Å². The van der Waals surface area contributed by atoms with E-state index in [0.717, 1.165) is 11.3 Å². The van der Waals surface area contributed by atoms with Crippen molar-refractivity contribution >= 4 is 12.0 Å². The third-order valence-electron chi connectivity index (χ3n) is 4.58. The number of imidazole rings is 1. The van der Waals surface area contributed by atoms with Crippen molar-refractivity contribution in [1.82, 2.24) is 25.1 Å². The predicted molar refractivity (Wildman–Crippen MR) is 99.9 cm³/mol. The van der Waals surface area contributed by atoms with E-state index in [9.17, 15) is 9.59 Å². The van der Waals surface area contributed by atoms with Gasteiger partial charge in [0.05, 0.1) is 6.33 Å². The van der Waals surface area contributed by atoms with Crippen LogP contribution in [0.25, 0.3) is 0 Å². The maximum Gasteiger partial charge on any atom is 0.410 e. The smallest absolute Gasteiger partial charge is 0.410 e. The molecular formula is C19H25N5O3. The molecule has 2 N–H and O–H groups in total. The van der Waals surface area contributed by atoms with Crippen LogP contribution in [0.5, 0.6) is 0 Å². The van der Waals surface area contributed by atoms with Gasteiger partial charge in [-0.15, -0.1) is 0 Å². The first-order valence-electron chi connectivity index (χ1n) is 9.06. The van der Waals surface area contributed by atoms with Gasteiger partial charge in [0.15, 0.2) is 0 Å². The quantitative estimate of drug-likeness (QED) is 0.780. The third-order valence-corrected chi connectivity index (χ3v) is 4.58. The molecule has 3 rings (SSSR count). The molecule has 1 aromatic carbocycles. The summed E-state index contributed by atoms with van der Waals surface area (Å²) < 4.78 is 7.31. The second-order valence-electron chi connectivity index (χ2n) is 6.49. The Labute approximate surface area is 158 Å². The fourth-order valence-electron chi connectivity index (χ4n) is 3.02. The van der Waals surface area contributed by atoms with Crippen molar-refractivity contribution in [2.75, 3.05) is 26.2 Å². The average molecular weight is 371 g/mol. The van der Waals surface area contributed by atoms with Crippen molar-refractivity contribution in [3.63, 3.8) is 0 Å². The highest BCUT2D eigenvalue weighted by molar-refractivity contribution is 5.86. The highest BCUT2D eigenvalue weighted by Crippen LogP contribution is 2.09. The largest absolute Gasteiger partial charge is 0.445 e. The average Bonchev–Trinajstić information content (AvgIpc) is 3.11. The summed E-state index contributed by atoms with van der Waals surface area (Å²) in [5.74, 6) is -0.180. The van der Waals surface area contributed by atoms with E-state index in [1.807, 2.05) is 41.9 Å². The molecule has 27 heavy (non-hydrogen) atoms. The van der Waals surface area contributed by atoms with Gasteiger partial charge >= 0.3 is 6.09 Å². The Morgan fingerprint density at radius 1 is 1.33 bits per heavy atom. The van der Waals surface area contributed by atoms with Gasteiger partial charge in [0, 0.05) is 51.5 Å². The van der Waals surface area contributed by atoms with E-state index in [2.05, 4.69) is 15.6 Å². The molecule has 0 unspecified atom stereocenters. The number of hydrogen-bond donors (Lipinski definition) is 2. The first-order valence-corrected chi connectivity index (χ1v) is 9.06. The van der Waals surface area contributed by atoms with Gasteiger partial charge in [0.1, 0.15) is 12.6 Å². The van der Waals surface area contributed by atoms with E-state index in [-0.39, 0.29) is 12.5 Å². The van der Waals surface area contributed by atoms with Crippen LogP contribution in [0.3, 0.4) is 0 Å². The van der Waals surface area contributed by atoms with Crippen molar-refractivity contribution in [2.24, 2.45) is 7.05 Å². The molecule has 144 valence electrons. The molecule has 0 aliphatic carbocycles. The molecule has 1 fully saturated rings. The molecule has 8 heteroatoms. The number of aryl methyl sites for hydroxylation is 1. The van der Waals surface area contributed by atoms with Crippen LogP contribution in [0.15, 0.2) is 42.9 Å². The number of hydrogen-bond acceptors (Lipinski definition) is 5. The lowest BCUT2D eigenvalue weighted by molar-refractivity contribution is -0.126. The van der Waals surface area contributed by atoms with Crippen LogP contribution in [0, 0.1) is 0 Å². The lowest BCUT2D eigenvalue weighted by atomic mass is 10.2. The zero-order valence-electron chi connectivity index (χ0n) is 15.4. The van der Waals surface area contributed by atoms with Crippen molar-refractivity contribution in [3.8, 4) is 0 Å². The Morgan fingerprint density at radius 2 is 2.15 bits per heavy atom. The Morgan fingerprint density at radius 3 is 2.89 bits per heavy atom. The molecule has 0 bridgehead atoms. The molecule has 8 nitrogen and oxygen atoms in total. The van der Waals surface area contributed by atoms with Gasteiger partial charge in [0.25, 0.3) is 0 Å². The van der Waals surface area contributed by atoms with Gasteiger partial charge in [-0.2, -0.15) is 0 Å². The minimum Gasteiger partial charge on any atom is -0.445 e. The number of rotatable bonds is 6. The number of nitrogens with one attached hydrogen (secondary N) is 2. The number of nitrogens with zero attached hydrogens (tertiary/aromatic N) is 3. The van der Waals surface area contributed by atoms with E-state index in [1.54, 1.807) is 12.5 Å². The Hall–Kier alpha value is -2.87. The molecule has 1 atom stereocenters. The molecular weight excluding hydrogens is 346 g/mol. The van der Waals surface area contributed by atoms with E-state index in [1.165, 1.54) is 4.90 Å². The zero-order chi connectivity index (χ0) is 19.1. The summed E-state index contributed by atoms with van der Waals surface area (Å²) >= 11 is 0. The second kappa shape index (κ2) is 9.18. The fraction of sp³-hybridized carbons (Fsp3) is 0.421. The number of benzene rings is 1. The first-order chi connectivity index (χ1) is 13.1. The Balaban J connectivity index is 1.51. The normalized spacial score (nSPS) is 16.8. The van der Waals surface area contributed by atoms with Gasteiger partial charge in [-0.25, -0.2) is 9.78 Å². The fourth-order valence-corrected chi connectivity index (χ4v) is 3.02. The second-order valence-corrected chi connectivity index (χ2v) is 6.49. The molecule has 2 aromatic rings. The first kappa shape index (κ1) is 18.9. The predicted octanol–water partition coefficient (Wildman–Crippen LogP) is 0.689. The molecule has 1 aliphatic heterocycles. The maximum atomic E-state index is 12.6. The van der Waals surface area contributed by atoms with E-state index >= 15 is 0 Å². The van der Waals surface area contributed by atoms with Crippen molar-refractivity contribution in [1.29, 1.82) is 0 Å². The Bertz CT molecular complexity index is 762. The molecule has 2 heterocycles. The van der Waals surface area contributed by atoms with Crippen LogP contribution in [0.1, 0.15) is 11.3 Å². The van der Waals surface area contributed by atoms with Gasteiger partial charge < -0.3 is 19.9 Å². The summed E-state index contributed by atoms with van der Waals surface area (Å²) in [6, 6.07) is 8.92. The van der Waals surface area contributed by atoms with Gasteiger partial charge in [-0.1, -0.05) is 30.3 Å². The summed E-state index contributed by atoms with van der Waals surface area (Å²) in [5, 5.41) is 6.07. The van der Waals surface area contributed by atoms with E-state index < -0.39 is 12.1 Å².